The monoisotopic (exact) mass is 373 g/mol. The van der Waals surface area contributed by atoms with Crippen LogP contribution >= 0.6 is 12.2 Å². The molecule has 0 unspecified atom stereocenters. The number of carbonyl (C=O) groups is 1. The van der Waals surface area contributed by atoms with Gasteiger partial charge in [-0.15, -0.1) is 0 Å². The number of nitrogens with one attached hydrogen (secondary N) is 2. The summed E-state index contributed by atoms with van der Waals surface area (Å²) in [6.45, 7) is 5.30. The van der Waals surface area contributed by atoms with Gasteiger partial charge in [-0.05, 0) is 30.8 Å². The first-order valence-electron chi connectivity index (χ1n) is 9.02. The smallest absolute Gasteiger partial charge is 0.262 e. The fourth-order valence-electron chi connectivity index (χ4n) is 4.48. The summed E-state index contributed by atoms with van der Waals surface area (Å²) in [6, 6.07) is 7.38. The standard InChI is InChI=1S/C19H23N3O3S/c1-19(2)15(12-8-10-25-16(12)19)21-14(23)7-9-22-17(24)11-5-3-4-6-13(11)20-18(22)26/h3-6,12,15-16H,7-10H2,1-2H3,(H,20,26)(H,21,23)/t12-,15+,16-/m0/s1. The average Bonchev–Trinajstić information content (AvgIpc) is 3.07. The molecule has 2 fully saturated rings. The molecule has 1 aromatic heterocycles. The van der Waals surface area contributed by atoms with E-state index in [0.29, 0.717) is 21.6 Å². The molecule has 2 heterocycles. The summed E-state index contributed by atoms with van der Waals surface area (Å²) in [5, 5.41) is 3.72. The van der Waals surface area contributed by atoms with E-state index in [1.54, 1.807) is 6.07 Å². The Morgan fingerprint density at radius 1 is 1.42 bits per heavy atom. The van der Waals surface area contributed by atoms with Crippen molar-refractivity contribution in [3.05, 3.63) is 39.4 Å². The molecule has 1 amide bonds. The molecule has 7 heteroatoms. The van der Waals surface area contributed by atoms with Crippen molar-refractivity contribution in [3.63, 3.8) is 0 Å². The van der Waals surface area contributed by atoms with Crippen LogP contribution in [0.15, 0.2) is 29.1 Å². The highest BCUT2D eigenvalue weighted by Crippen LogP contribution is 2.52. The Morgan fingerprint density at radius 2 is 2.19 bits per heavy atom. The van der Waals surface area contributed by atoms with Gasteiger partial charge in [0.25, 0.3) is 5.56 Å². The fraction of sp³-hybridized carbons (Fsp3) is 0.526. The molecule has 1 aromatic carbocycles. The molecule has 0 radical (unpaired) electrons. The number of para-hydroxylation sites is 1. The topological polar surface area (TPSA) is 76.1 Å². The van der Waals surface area contributed by atoms with Gasteiger partial charge in [0.1, 0.15) is 0 Å². The molecule has 1 saturated heterocycles. The highest BCUT2D eigenvalue weighted by atomic mass is 32.1. The van der Waals surface area contributed by atoms with Crippen LogP contribution in [0.3, 0.4) is 0 Å². The van der Waals surface area contributed by atoms with Crippen molar-refractivity contribution in [2.45, 2.75) is 45.4 Å². The molecule has 138 valence electrons. The fourth-order valence-corrected chi connectivity index (χ4v) is 4.76. The number of nitrogens with zero attached hydrogens (tertiary/aromatic N) is 1. The number of H-pyrrole nitrogens is 1. The third-order valence-electron chi connectivity index (χ3n) is 5.87. The number of rotatable bonds is 4. The van der Waals surface area contributed by atoms with E-state index in [1.165, 1.54) is 4.57 Å². The quantitative estimate of drug-likeness (QED) is 0.807. The molecule has 1 aliphatic heterocycles. The van der Waals surface area contributed by atoms with Crippen LogP contribution < -0.4 is 10.9 Å². The van der Waals surface area contributed by atoms with E-state index < -0.39 is 0 Å². The number of carbonyl (C=O) groups excluding carboxylic acids is 1. The lowest BCUT2D eigenvalue weighted by atomic mass is 9.57. The maximum Gasteiger partial charge on any atom is 0.262 e. The largest absolute Gasteiger partial charge is 0.377 e. The van der Waals surface area contributed by atoms with E-state index in [2.05, 4.69) is 24.1 Å². The third kappa shape index (κ3) is 2.70. The summed E-state index contributed by atoms with van der Waals surface area (Å²) < 4.78 is 7.57. The second-order valence-corrected chi connectivity index (χ2v) is 8.18. The van der Waals surface area contributed by atoms with Gasteiger partial charge in [0.05, 0.1) is 17.0 Å². The molecule has 0 bridgehead atoms. The van der Waals surface area contributed by atoms with E-state index in [0.717, 1.165) is 13.0 Å². The molecule has 2 aromatic rings. The van der Waals surface area contributed by atoms with Gasteiger partial charge in [0, 0.05) is 36.9 Å². The molecule has 1 saturated carbocycles. The maximum absolute atomic E-state index is 12.6. The minimum atomic E-state index is -0.162. The zero-order chi connectivity index (χ0) is 18.5. The van der Waals surface area contributed by atoms with Crippen molar-refractivity contribution in [2.75, 3.05) is 6.61 Å². The number of hydrogen-bond donors (Lipinski definition) is 2. The van der Waals surface area contributed by atoms with Gasteiger partial charge >= 0.3 is 0 Å². The Balaban J connectivity index is 1.46. The van der Waals surface area contributed by atoms with E-state index in [4.69, 9.17) is 17.0 Å². The molecule has 2 aliphatic rings. The second-order valence-electron chi connectivity index (χ2n) is 7.79. The molecule has 26 heavy (non-hydrogen) atoms. The Bertz CT molecular complexity index is 978. The number of amides is 1. The minimum absolute atomic E-state index is 0.0480. The summed E-state index contributed by atoms with van der Waals surface area (Å²) in [4.78, 5) is 28.2. The van der Waals surface area contributed by atoms with Gasteiger partial charge in [-0.2, -0.15) is 0 Å². The van der Waals surface area contributed by atoms with Crippen LogP contribution in [0.25, 0.3) is 10.9 Å². The number of ether oxygens (including phenoxy) is 1. The first-order chi connectivity index (χ1) is 12.4. The predicted molar refractivity (Wildman–Crippen MR) is 102 cm³/mol. The summed E-state index contributed by atoms with van der Waals surface area (Å²) in [5.74, 6) is 0.350. The van der Waals surface area contributed by atoms with Gasteiger partial charge in [0.2, 0.25) is 5.91 Å². The van der Waals surface area contributed by atoms with E-state index >= 15 is 0 Å². The molecule has 6 nitrogen and oxygen atoms in total. The lowest BCUT2D eigenvalue weighted by Gasteiger charge is -2.54. The zero-order valence-corrected chi connectivity index (χ0v) is 15.8. The molecular formula is C19H23N3O3S. The molecule has 4 rings (SSSR count). The summed E-state index contributed by atoms with van der Waals surface area (Å²) in [6.07, 6.45) is 1.46. The van der Waals surface area contributed by atoms with Crippen LogP contribution in [0, 0.1) is 16.1 Å². The van der Waals surface area contributed by atoms with E-state index in [-0.39, 0.29) is 42.0 Å². The first-order valence-corrected chi connectivity index (χ1v) is 9.43. The van der Waals surface area contributed by atoms with Crippen molar-refractivity contribution < 1.29 is 9.53 Å². The van der Waals surface area contributed by atoms with E-state index in [1.807, 2.05) is 18.2 Å². The van der Waals surface area contributed by atoms with Crippen LogP contribution in [-0.4, -0.2) is 34.2 Å². The second kappa shape index (κ2) is 6.32. The van der Waals surface area contributed by atoms with Crippen LogP contribution in [0.1, 0.15) is 26.7 Å². The number of fused-ring (bicyclic) bond motifs is 2. The normalized spacial score (nSPS) is 26.3. The van der Waals surface area contributed by atoms with Gasteiger partial charge < -0.3 is 15.0 Å². The lowest BCUT2D eigenvalue weighted by molar-refractivity contribution is -0.138. The Hall–Kier alpha value is -1.99. The molecule has 3 atom stereocenters. The highest BCUT2D eigenvalue weighted by molar-refractivity contribution is 7.71. The number of aromatic amines is 1. The molecule has 0 spiro atoms. The molecule has 1 aliphatic carbocycles. The van der Waals surface area contributed by atoms with Crippen LogP contribution in [0.2, 0.25) is 0 Å². The Labute approximate surface area is 156 Å². The highest BCUT2D eigenvalue weighted by Gasteiger charge is 2.59. The first kappa shape index (κ1) is 17.4. The van der Waals surface area contributed by atoms with Crippen molar-refractivity contribution in [3.8, 4) is 0 Å². The van der Waals surface area contributed by atoms with Crippen molar-refractivity contribution in [1.82, 2.24) is 14.9 Å². The van der Waals surface area contributed by atoms with Crippen molar-refractivity contribution in [1.29, 1.82) is 0 Å². The summed E-state index contributed by atoms with van der Waals surface area (Å²) in [7, 11) is 0. The van der Waals surface area contributed by atoms with Gasteiger partial charge in [0.15, 0.2) is 4.77 Å². The SMILES string of the molecule is CC1(C)[C@H](NC(=O)CCn2c(=S)[nH]c3ccccc3c2=O)[C@@H]2CCO[C@@H]21. The summed E-state index contributed by atoms with van der Waals surface area (Å²) >= 11 is 5.30. The predicted octanol–water partition coefficient (Wildman–Crippen LogP) is 2.38. The van der Waals surface area contributed by atoms with Crippen LogP contribution in [0.5, 0.6) is 0 Å². The van der Waals surface area contributed by atoms with Gasteiger partial charge in [-0.3, -0.25) is 14.2 Å². The van der Waals surface area contributed by atoms with Gasteiger partial charge in [-0.1, -0.05) is 26.0 Å². The maximum atomic E-state index is 12.6. The minimum Gasteiger partial charge on any atom is -0.377 e. The van der Waals surface area contributed by atoms with Crippen molar-refractivity contribution >= 4 is 29.0 Å². The van der Waals surface area contributed by atoms with E-state index in [9.17, 15) is 9.59 Å². The molecular weight excluding hydrogens is 350 g/mol. The van der Waals surface area contributed by atoms with Gasteiger partial charge in [-0.25, -0.2) is 0 Å². The number of benzene rings is 1. The summed E-state index contributed by atoms with van der Waals surface area (Å²) in [5.41, 5.74) is 0.505. The number of hydrogen-bond acceptors (Lipinski definition) is 4. The molecule has 2 N–H and O–H groups in total. The van der Waals surface area contributed by atoms with Crippen LogP contribution in [-0.2, 0) is 16.1 Å². The van der Waals surface area contributed by atoms with Crippen molar-refractivity contribution in [2.24, 2.45) is 11.3 Å². The zero-order valence-electron chi connectivity index (χ0n) is 15.0. The lowest BCUT2D eigenvalue weighted by Crippen LogP contribution is -2.66. The number of aromatic nitrogens is 2. The Kier molecular flexibility index (Phi) is 4.23. The Morgan fingerprint density at radius 3 is 3.00 bits per heavy atom. The third-order valence-corrected chi connectivity index (χ3v) is 6.19. The average molecular weight is 373 g/mol. The van der Waals surface area contributed by atoms with Crippen LogP contribution in [0.4, 0.5) is 0 Å².